The van der Waals surface area contributed by atoms with Gasteiger partial charge in [0.25, 0.3) is 0 Å². The largest absolute Gasteiger partial charge is 0.319 e. The zero-order chi connectivity index (χ0) is 12.1. The van der Waals surface area contributed by atoms with Crippen LogP contribution in [-0.2, 0) is 0 Å². The molecular formula is C13H18FNO. The molecule has 1 aromatic carbocycles. The Balaban J connectivity index is 2.86. The van der Waals surface area contributed by atoms with Crippen LogP contribution in [0.5, 0.6) is 0 Å². The van der Waals surface area contributed by atoms with E-state index in [0.717, 1.165) is 0 Å². The van der Waals surface area contributed by atoms with E-state index in [4.69, 9.17) is 0 Å². The fraction of sp³-hybridized carbons (Fsp3) is 0.462. The molecule has 1 rings (SSSR count). The smallest absolute Gasteiger partial charge is 0.167 e. The first kappa shape index (κ1) is 12.8. The maximum atomic E-state index is 12.7. The molecule has 0 aliphatic carbocycles. The van der Waals surface area contributed by atoms with Crippen molar-refractivity contribution in [2.45, 2.75) is 13.8 Å². The molecule has 0 bridgehead atoms. The molecule has 1 atom stereocenters. The van der Waals surface area contributed by atoms with Gasteiger partial charge in [0, 0.05) is 18.0 Å². The van der Waals surface area contributed by atoms with E-state index in [1.54, 1.807) is 12.1 Å². The van der Waals surface area contributed by atoms with Crippen LogP contribution in [0.3, 0.4) is 0 Å². The molecule has 0 heterocycles. The number of carbonyl (C=O) groups is 1. The molecule has 0 aliphatic heterocycles. The van der Waals surface area contributed by atoms with Gasteiger partial charge in [-0.1, -0.05) is 13.8 Å². The molecule has 3 heteroatoms. The van der Waals surface area contributed by atoms with Crippen LogP contribution in [0.2, 0.25) is 0 Å². The van der Waals surface area contributed by atoms with Crippen LogP contribution in [0.1, 0.15) is 24.2 Å². The summed E-state index contributed by atoms with van der Waals surface area (Å²) in [7, 11) is 1.83. The molecule has 1 aromatic rings. The number of benzene rings is 1. The number of ketones is 1. The molecule has 1 N–H and O–H groups in total. The predicted octanol–water partition coefficient (Wildman–Crippen LogP) is 2.50. The van der Waals surface area contributed by atoms with Crippen molar-refractivity contribution < 1.29 is 9.18 Å². The SMILES string of the molecule is CNCC(C(=O)c1ccc(F)cc1)C(C)C. The molecule has 0 fully saturated rings. The minimum atomic E-state index is -0.314. The Labute approximate surface area is 95.9 Å². The van der Waals surface area contributed by atoms with E-state index in [0.29, 0.717) is 12.1 Å². The zero-order valence-corrected chi connectivity index (χ0v) is 9.96. The van der Waals surface area contributed by atoms with Crippen molar-refractivity contribution in [1.29, 1.82) is 0 Å². The highest BCUT2D eigenvalue weighted by atomic mass is 19.1. The Morgan fingerprint density at radius 2 is 1.88 bits per heavy atom. The molecule has 0 saturated carbocycles. The normalized spacial score (nSPS) is 12.8. The highest BCUT2D eigenvalue weighted by Gasteiger charge is 2.22. The second-order valence-electron chi connectivity index (χ2n) is 4.28. The van der Waals surface area contributed by atoms with Crippen LogP contribution in [0.4, 0.5) is 4.39 Å². The lowest BCUT2D eigenvalue weighted by Crippen LogP contribution is -2.30. The second-order valence-corrected chi connectivity index (χ2v) is 4.28. The number of nitrogens with one attached hydrogen (secondary N) is 1. The molecule has 1 unspecified atom stereocenters. The van der Waals surface area contributed by atoms with E-state index >= 15 is 0 Å². The second kappa shape index (κ2) is 5.75. The van der Waals surface area contributed by atoms with Gasteiger partial charge in [0.2, 0.25) is 0 Å². The maximum Gasteiger partial charge on any atom is 0.167 e. The van der Waals surface area contributed by atoms with Crippen molar-refractivity contribution in [3.05, 3.63) is 35.6 Å². The predicted molar refractivity (Wildman–Crippen MR) is 63.0 cm³/mol. The number of hydrogen-bond donors (Lipinski definition) is 1. The van der Waals surface area contributed by atoms with Gasteiger partial charge in [0.1, 0.15) is 5.82 Å². The fourth-order valence-electron chi connectivity index (χ4n) is 1.68. The minimum Gasteiger partial charge on any atom is -0.319 e. The number of carbonyl (C=O) groups excluding carboxylic acids is 1. The van der Waals surface area contributed by atoms with Crippen LogP contribution in [0, 0.1) is 17.7 Å². The van der Waals surface area contributed by atoms with E-state index in [-0.39, 0.29) is 23.4 Å². The van der Waals surface area contributed by atoms with Crippen molar-refractivity contribution in [1.82, 2.24) is 5.32 Å². The third-order valence-corrected chi connectivity index (χ3v) is 2.69. The Morgan fingerprint density at radius 3 is 2.31 bits per heavy atom. The monoisotopic (exact) mass is 223 g/mol. The van der Waals surface area contributed by atoms with Crippen molar-refractivity contribution in [2.24, 2.45) is 11.8 Å². The lowest BCUT2D eigenvalue weighted by atomic mass is 9.88. The highest BCUT2D eigenvalue weighted by molar-refractivity contribution is 5.98. The van der Waals surface area contributed by atoms with Gasteiger partial charge < -0.3 is 5.32 Å². The van der Waals surface area contributed by atoms with Crippen molar-refractivity contribution in [3.8, 4) is 0 Å². The Kier molecular flexibility index (Phi) is 4.62. The van der Waals surface area contributed by atoms with E-state index in [2.05, 4.69) is 5.32 Å². The van der Waals surface area contributed by atoms with Gasteiger partial charge in [-0.25, -0.2) is 4.39 Å². The van der Waals surface area contributed by atoms with Gasteiger partial charge in [0.05, 0.1) is 0 Å². The summed E-state index contributed by atoms with van der Waals surface area (Å²) in [6.07, 6.45) is 0. The summed E-state index contributed by atoms with van der Waals surface area (Å²) in [5.41, 5.74) is 0.579. The maximum absolute atomic E-state index is 12.7. The zero-order valence-electron chi connectivity index (χ0n) is 9.96. The first-order valence-corrected chi connectivity index (χ1v) is 5.50. The highest BCUT2D eigenvalue weighted by Crippen LogP contribution is 2.17. The number of rotatable bonds is 5. The van der Waals surface area contributed by atoms with Gasteiger partial charge in [-0.15, -0.1) is 0 Å². The molecule has 0 amide bonds. The third-order valence-electron chi connectivity index (χ3n) is 2.69. The number of halogens is 1. The Hall–Kier alpha value is -1.22. The average Bonchev–Trinajstić information content (AvgIpc) is 2.25. The summed E-state index contributed by atoms with van der Waals surface area (Å²) in [6, 6.07) is 5.74. The summed E-state index contributed by atoms with van der Waals surface area (Å²) >= 11 is 0. The molecule has 0 spiro atoms. The van der Waals surface area contributed by atoms with Gasteiger partial charge in [-0.2, -0.15) is 0 Å². The molecule has 0 radical (unpaired) electrons. The summed E-state index contributed by atoms with van der Waals surface area (Å²) in [5.74, 6) is -0.0314. The van der Waals surface area contributed by atoms with Crippen LogP contribution < -0.4 is 5.32 Å². The summed E-state index contributed by atoms with van der Waals surface area (Å²) in [6.45, 7) is 4.68. The standard InChI is InChI=1S/C13H18FNO/c1-9(2)12(8-15-3)13(16)10-4-6-11(14)7-5-10/h4-7,9,12,15H,8H2,1-3H3. The number of hydrogen-bond acceptors (Lipinski definition) is 2. The Bertz CT molecular complexity index is 345. The molecule has 0 aromatic heterocycles. The minimum absolute atomic E-state index is 0.0598. The van der Waals surface area contributed by atoms with E-state index in [1.165, 1.54) is 12.1 Å². The van der Waals surface area contributed by atoms with Crippen molar-refractivity contribution >= 4 is 5.78 Å². The van der Waals surface area contributed by atoms with Crippen LogP contribution in [0.15, 0.2) is 24.3 Å². The average molecular weight is 223 g/mol. The fourth-order valence-corrected chi connectivity index (χ4v) is 1.68. The van der Waals surface area contributed by atoms with Crippen LogP contribution >= 0.6 is 0 Å². The molecule has 2 nitrogen and oxygen atoms in total. The van der Waals surface area contributed by atoms with E-state index < -0.39 is 0 Å². The van der Waals surface area contributed by atoms with E-state index in [9.17, 15) is 9.18 Å². The molecular weight excluding hydrogens is 205 g/mol. The molecule has 88 valence electrons. The quantitative estimate of drug-likeness (QED) is 0.777. The van der Waals surface area contributed by atoms with Gasteiger partial charge in [-0.3, -0.25) is 4.79 Å². The molecule has 0 saturated heterocycles. The number of Topliss-reactive ketones (excluding diaryl/α,β-unsaturated/α-hetero) is 1. The van der Waals surface area contributed by atoms with Crippen molar-refractivity contribution in [3.63, 3.8) is 0 Å². The van der Waals surface area contributed by atoms with Gasteiger partial charge >= 0.3 is 0 Å². The summed E-state index contributed by atoms with van der Waals surface area (Å²) in [4.78, 5) is 12.1. The van der Waals surface area contributed by atoms with Crippen LogP contribution in [-0.4, -0.2) is 19.4 Å². The molecule has 0 aliphatic rings. The summed E-state index contributed by atoms with van der Waals surface area (Å²) in [5, 5.41) is 3.02. The summed E-state index contributed by atoms with van der Waals surface area (Å²) < 4.78 is 12.7. The van der Waals surface area contributed by atoms with Gasteiger partial charge in [-0.05, 0) is 37.2 Å². The first-order chi connectivity index (χ1) is 7.56. The lowest BCUT2D eigenvalue weighted by Gasteiger charge is -2.19. The third kappa shape index (κ3) is 3.14. The van der Waals surface area contributed by atoms with Crippen molar-refractivity contribution in [2.75, 3.05) is 13.6 Å². The molecule has 16 heavy (non-hydrogen) atoms. The van der Waals surface area contributed by atoms with E-state index in [1.807, 2.05) is 20.9 Å². The van der Waals surface area contributed by atoms with Gasteiger partial charge in [0.15, 0.2) is 5.78 Å². The van der Waals surface area contributed by atoms with Crippen LogP contribution in [0.25, 0.3) is 0 Å². The lowest BCUT2D eigenvalue weighted by molar-refractivity contribution is 0.0886. The first-order valence-electron chi connectivity index (χ1n) is 5.50. The Morgan fingerprint density at radius 1 is 1.31 bits per heavy atom. The topological polar surface area (TPSA) is 29.1 Å².